The molecule has 1 aliphatic heterocycles. The van der Waals surface area contributed by atoms with Gasteiger partial charge in [0.25, 0.3) is 0 Å². The molecule has 6 nitrogen and oxygen atoms in total. The van der Waals surface area contributed by atoms with Crippen LogP contribution in [0.5, 0.6) is 0 Å². The molecule has 0 unspecified atom stereocenters. The van der Waals surface area contributed by atoms with Crippen LogP contribution < -0.4 is 5.32 Å². The quantitative estimate of drug-likeness (QED) is 0.930. The van der Waals surface area contributed by atoms with Gasteiger partial charge < -0.3 is 15.1 Å². The van der Waals surface area contributed by atoms with Crippen molar-refractivity contribution in [2.75, 3.05) is 27.2 Å². The number of nitrogens with zero attached hydrogens (tertiary/aromatic N) is 4. The minimum absolute atomic E-state index is 0.0172. The summed E-state index contributed by atoms with van der Waals surface area (Å²) in [6.45, 7) is 3.64. The summed E-state index contributed by atoms with van der Waals surface area (Å²) in [6, 6.07) is 10.4. The van der Waals surface area contributed by atoms with Gasteiger partial charge in [-0.1, -0.05) is 12.1 Å². The zero-order valence-corrected chi connectivity index (χ0v) is 15.2. The number of rotatable bonds is 4. The van der Waals surface area contributed by atoms with E-state index in [0.717, 1.165) is 37.2 Å². The van der Waals surface area contributed by atoms with Crippen molar-refractivity contribution in [2.24, 2.45) is 0 Å². The van der Waals surface area contributed by atoms with Crippen LogP contribution in [0.2, 0.25) is 0 Å². The number of amides is 2. The van der Waals surface area contributed by atoms with E-state index in [9.17, 15) is 4.79 Å². The van der Waals surface area contributed by atoms with Crippen LogP contribution in [0.1, 0.15) is 31.4 Å². The number of likely N-dealkylation sites (N-methyl/N-ethyl adjacent to an activating group) is 1. The Kier molecular flexibility index (Phi) is 5.38. The fourth-order valence-electron chi connectivity index (χ4n) is 3.28. The van der Waals surface area contributed by atoms with Crippen molar-refractivity contribution in [3.63, 3.8) is 0 Å². The lowest BCUT2D eigenvalue weighted by atomic mass is 10.0. The molecule has 134 valence electrons. The Labute approximate surface area is 149 Å². The normalized spacial score (nSPS) is 19.0. The highest BCUT2D eigenvalue weighted by Crippen LogP contribution is 2.18. The lowest BCUT2D eigenvalue weighted by molar-refractivity contribution is 0.138. The van der Waals surface area contributed by atoms with Crippen molar-refractivity contribution in [1.29, 1.82) is 0 Å². The number of carbonyl (C=O) groups excluding carboxylic acids is 1. The molecule has 1 N–H and O–H groups in total. The lowest BCUT2D eigenvalue weighted by Crippen LogP contribution is -2.51. The monoisotopic (exact) mass is 341 g/mol. The smallest absolute Gasteiger partial charge is 0.317 e. The van der Waals surface area contributed by atoms with Gasteiger partial charge >= 0.3 is 6.03 Å². The Morgan fingerprint density at radius 1 is 1.36 bits per heavy atom. The summed E-state index contributed by atoms with van der Waals surface area (Å²) in [7, 11) is 4.16. The Morgan fingerprint density at radius 2 is 2.20 bits per heavy atom. The Bertz CT molecular complexity index is 698. The number of hydrogen-bond donors (Lipinski definition) is 1. The van der Waals surface area contributed by atoms with Crippen LogP contribution in [0.3, 0.4) is 0 Å². The van der Waals surface area contributed by atoms with Crippen LogP contribution in [0.4, 0.5) is 4.79 Å². The van der Waals surface area contributed by atoms with Crippen molar-refractivity contribution in [3.05, 3.63) is 48.3 Å². The van der Waals surface area contributed by atoms with Crippen molar-refractivity contribution in [3.8, 4) is 5.69 Å². The van der Waals surface area contributed by atoms with Crippen molar-refractivity contribution in [1.82, 2.24) is 24.9 Å². The molecular weight excluding hydrogens is 314 g/mol. The fourth-order valence-corrected chi connectivity index (χ4v) is 3.28. The first-order chi connectivity index (χ1) is 12.0. The van der Waals surface area contributed by atoms with E-state index in [4.69, 9.17) is 0 Å². The van der Waals surface area contributed by atoms with Gasteiger partial charge in [0, 0.05) is 31.5 Å². The number of urea groups is 1. The molecule has 25 heavy (non-hydrogen) atoms. The van der Waals surface area contributed by atoms with Crippen molar-refractivity contribution < 1.29 is 4.79 Å². The first-order valence-corrected chi connectivity index (χ1v) is 8.86. The second-order valence-electron chi connectivity index (χ2n) is 6.92. The molecule has 0 aliphatic carbocycles. The first kappa shape index (κ1) is 17.5. The number of carbonyl (C=O) groups is 1. The molecule has 1 saturated heterocycles. The molecule has 6 heteroatoms. The molecule has 0 saturated carbocycles. The van der Waals surface area contributed by atoms with E-state index in [2.05, 4.69) is 35.5 Å². The zero-order valence-electron chi connectivity index (χ0n) is 15.2. The van der Waals surface area contributed by atoms with E-state index in [-0.39, 0.29) is 12.1 Å². The van der Waals surface area contributed by atoms with E-state index in [1.54, 1.807) is 6.20 Å². The summed E-state index contributed by atoms with van der Waals surface area (Å²) in [5.74, 6) is 0. The molecule has 0 spiro atoms. The predicted molar refractivity (Wildman–Crippen MR) is 98.8 cm³/mol. The molecule has 2 amide bonds. The Morgan fingerprint density at radius 3 is 2.92 bits per heavy atom. The lowest BCUT2D eigenvalue weighted by Gasteiger charge is -2.36. The molecule has 0 bridgehead atoms. The van der Waals surface area contributed by atoms with Gasteiger partial charge in [0.2, 0.25) is 0 Å². The van der Waals surface area contributed by atoms with E-state index in [1.807, 2.05) is 47.0 Å². The average molecular weight is 341 g/mol. The molecule has 3 rings (SSSR count). The topological polar surface area (TPSA) is 53.4 Å². The summed E-state index contributed by atoms with van der Waals surface area (Å²) in [5, 5.41) is 7.40. The second-order valence-corrected chi connectivity index (χ2v) is 6.92. The third-order valence-corrected chi connectivity index (χ3v) is 4.89. The van der Waals surface area contributed by atoms with E-state index < -0.39 is 0 Å². The molecule has 2 heterocycles. The maximum atomic E-state index is 12.6. The fraction of sp³-hybridized carbons (Fsp3) is 0.474. The average Bonchev–Trinajstić information content (AvgIpc) is 3.16. The molecule has 2 atom stereocenters. The van der Waals surface area contributed by atoms with Crippen LogP contribution >= 0.6 is 0 Å². The Hall–Kier alpha value is -2.34. The minimum Gasteiger partial charge on any atom is -0.331 e. The molecule has 0 radical (unpaired) electrons. The summed E-state index contributed by atoms with van der Waals surface area (Å²) in [4.78, 5) is 16.8. The van der Waals surface area contributed by atoms with Crippen LogP contribution in [0, 0.1) is 0 Å². The van der Waals surface area contributed by atoms with E-state index in [1.165, 1.54) is 0 Å². The molecule has 2 aromatic rings. The molecule has 1 aromatic carbocycles. The SMILES string of the molecule is C[C@H](NC(=O)N1CCC[C@@H](N(C)C)C1)c1cccc(-n2cccn2)c1. The van der Waals surface area contributed by atoms with Gasteiger partial charge in [0.1, 0.15) is 0 Å². The molecule has 1 aromatic heterocycles. The Balaban J connectivity index is 1.64. The number of aromatic nitrogens is 2. The van der Waals surface area contributed by atoms with E-state index >= 15 is 0 Å². The van der Waals surface area contributed by atoms with Gasteiger partial charge in [-0.25, -0.2) is 9.48 Å². The predicted octanol–water partition coefficient (Wildman–Crippen LogP) is 2.67. The standard InChI is InChI=1S/C19H27N5O/c1-15(16-7-4-8-17(13-16)24-12-6-10-20-24)21-19(25)23-11-5-9-18(14-23)22(2)3/h4,6-8,10,12-13,15,18H,5,9,11,14H2,1-3H3,(H,21,25)/t15-,18+/m0/s1. The maximum absolute atomic E-state index is 12.6. The zero-order chi connectivity index (χ0) is 17.8. The number of hydrogen-bond acceptors (Lipinski definition) is 3. The van der Waals surface area contributed by atoms with Crippen LogP contribution in [-0.4, -0.2) is 58.8 Å². The van der Waals surface area contributed by atoms with Crippen LogP contribution in [-0.2, 0) is 0 Å². The van der Waals surface area contributed by atoms with Gasteiger partial charge in [-0.15, -0.1) is 0 Å². The molecular formula is C19H27N5O. The van der Waals surface area contributed by atoms with Crippen LogP contribution in [0.25, 0.3) is 5.69 Å². The van der Waals surface area contributed by atoms with Crippen molar-refractivity contribution >= 4 is 6.03 Å². The number of piperidine rings is 1. The summed E-state index contributed by atoms with van der Waals surface area (Å²) in [6.07, 6.45) is 5.88. The second kappa shape index (κ2) is 7.70. The number of benzene rings is 1. The summed E-state index contributed by atoms with van der Waals surface area (Å²) in [5.41, 5.74) is 2.07. The van der Waals surface area contributed by atoms with Crippen molar-refractivity contribution in [2.45, 2.75) is 31.8 Å². The molecule has 1 aliphatic rings. The van der Waals surface area contributed by atoms with Gasteiger partial charge in [0.05, 0.1) is 11.7 Å². The van der Waals surface area contributed by atoms with Gasteiger partial charge in [0.15, 0.2) is 0 Å². The number of nitrogens with one attached hydrogen (secondary N) is 1. The highest BCUT2D eigenvalue weighted by atomic mass is 16.2. The first-order valence-electron chi connectivity index (χ1n) is 8.86. The summed E-state index contributed by atoms with van der Waals surface area (Å²) < 4.78 is 1.82. The maximum Gasteiger partial charge on any atom is 0.317 e. The third kappa shape index (κ3) is 4.20. The van der Waals surface area contributed by atoms with Gasteiger partial charge in [-0.05, 0) is 57.6 Å². The molecule has 1 fully saturated rings. The summed E-state index contributed by atoms with van der Waals surface area (Å²) >= 11 is 0. The van der Waals surface area contributed by atoms with E-state index in [0.29, 0.717) is 6.04 Å². The largest absolute Gasteiger partial charge is 0.331 e. The highest BCUT2D eigenvalue weighted by Gasteiger charge is 2.25. The number of likely N-dealkylation sites (tertiary alicyclic amines) is 1. The van der Waals surface area contributed by atoms with Gasteiger partial charge in [-0.3, -0.25) is 0 Å². The minimum atomic E-state index is -0.0530. The highest BCUT2D eigenvalue weighted by molar-refractivity contribution is 5.75. The van der Waals surface area contributed by atoms with Gasteiger partial charge in [-0.2, -0.15) is 5.10 Å². The third-order valence-electron chi connectivity index (χ3n) is 4.89. The van der Waals surface area contributed by atoms with Crippen LogP contribution in [0.15, 0.2) is 42.7 Å².